The molecular weight excluding hydrogens is 264 g/mol. The Morgan fingerprint density at radius 3 is 2.57 bits per heavy atom. The van der Waals surface area contributed by atoms with Crippen molar-refractivity contribution >= 4 is 16.6 Å². The lowest BCUT2D eigenvalue weighted by Crippen LogP contribution is -2.16. The average molecular weight is 286 g/mol. The van der Waals surface area contributed by atoms with Crippen molar-refractivity contribution in [2.45, 2.75) is 26.7 Å². The number of hydrogen-bond donors (Lipinski definition) is 1. The Morgan fingerprint density at radius 2 is 1.86 bits per heavy atom. The minimum Gasteiger partial charge on any atom is -0.486 e. The molecule has 21 heavy (non-hydrogen) atoms. The summed E-state index contributed by atoms with van der Waals surface area (Å²) in [6, 6.07) is 6.08. The Bertz CT molecular complexity index is 623. The Balaban J connectivity index is 1.91. The molecule has 2 aromatic rings. The lowest BCUT2D eigenvalue weighted by Gasteiger charge is -2.20. The van der Waals surface area contributed by atoms with Crippen LogP contribution in [0.4, 0.5) is 5.82 Å². The van der Waals surface area contributed by atoms with E-state index in [4.69, 9.17) is 9.47 Å². The van der Waals surface area contributed by atoms with Crippen LogP contribution in [0.25, 0.3) is 10.8 Å². The van der Waals surface area contributed by atoms with E-state index in [1.807, 2.05) is 24.4 Å². The van der Waals surface area contributed by atoms with Crippen LogP contribution in [0.5, 0.6) is 11.5 Å². The minimum atomic E-state index is 0.606. The first-order chi connectivity index (χ1) is 10.3. The van der Waals surface area contributed by atoms with Gasteiger partial charge in [0.25, 0.3) is 0 Å². The molecule has 1 aliphatic rings. The normalized spacial score (nSPS) is 13.7. The molecule has 0 aliphatic carbocycles. The van der Waals surface area contributed by atoms with E-state index in [0.29, 0.717) is 19.1 Å². The summed E-state index contributed by atoms with van der Waals surface area (Å²) in [5.41, 5.74) is 0. The van der Waals surface area contributed by atoms with Gasteiger partial charge in [-0.2, -0.15) is 0 Å². The number of ether oxygens (including phenoxy) is 2. The van der Waals surface area contributed by atoms with Gasteiger partial charge in [-0.3, -0.25) is 0 Å². The van der Waals surface area contributed by atoms with Crippen LogP contribution in [-0.2, 0) is 0 Å². The fourth-order valence-corrected chi connectivity index (χ4v) is 2.67. The van der Waals surface area contributed by atoms with Crippen molar-refractivity contribution in [2.24, 2.45) is 5.92 Å². The maximum absolute atomic E-state index is 5.67. The standard InChI is InChI=1S/C17H22N2O2/c1-3-12(4-2)11-19-17-14-10-16-15(20-7-8-21-16)9-13(14)5-6-18-17/h5-6,9-10,12H,3-4,7-8,11H2,1-2H3,(H,18,19). The number of fused-ring (bicyclic) bond motifs is 2. The summed E-state index contributed by atoms with van der Waals surface area (Å²) in [7, 11) is 0. The van der Waals surface area contributed by atoms with Gasteiger partial charge in [-0.1, -0.05) is 26.7 Å². The van der Waals surface area contributed by atoms with Crippen molar-refractivity contribution in [3.8, 4) is 11.5 Å². The van der Waals surface area contributed by atoms with Crippen LogP contribution in [0.15, 0.2) is 24.4 Å². The van der Waals surface area contributed by atoms with Gasteiger partial charge < -0.3 is 14.8 Å². The van der Waals surface area contributed by atoms with Crippen molar-refractivity contribution in [1.29, 1.82) is 0 Å². The van der Waals surface area contributed by atoms with E-state index in [1.165, 1.54) is 12.8 Å². The molecule has 1 aromatic carbocycles. The molecule has 3 rings (SSSR count). The molecule has 1 aromatic heterocycles. The molecule has 0 fully saturated rings. The Labute approximate surface area is 125 Å². The zero-order valence-corrected chi connectivity index (χ0v) is 12.7. The molecule has 112 valence electrons. The monoisotopic (exact) mass is 286 g/mol. The van der Waals surface area contributed by atoms with E-state index < -0.39 is 0 Å². The molecular formula is C17H22N2O2. The highest BCUT2D eigenvalue weighted by Gasteiger charge is 2.14. The molecule has 0 unspecified atom stereocenters. The van der Waals surface area contributed by atoms with Gasteiger partial charge in [0.2, 0.25) is 0 Å². The number of benzene rings is 1. The number of nitrogens with one attached hydrogen (secondary N) is 1. The first-order valence-electron chi connectivity index (χ1n) is 7.74. The third-order valence-corrected chi connectivity index (χ3v) is 4.14. The van der Waals surface area contributed by atoms with E-state index in [9.17, 15) is 0 Å². The summed E-state index contributed by atoms with van der Waals surface area (Å²) in [5.74, 6) is 3.24. The molecule has 2 heterocycles. The molecule has 0 radical (unpaired) electrons. The summed E-state index contributed by atoms with van der Waals surface area (Å²) in [5, 5.41) is 5.71. The summed E-state index contributed by atoms with van der Waals surface area (Å²) >= 11 is 0. The SMILES string of the molecule is CCC(CC)CNc1nccc2cc3c(cc12)OCCO3. The molecule has 0 spiro atoms. The highest BCUT2D eigenvalue weighted by Crippen LogP contribution is 2.36. The number of rotatable bonds is 5. The summed E-state index contributed by atoms with van der Waals surface area (Å²) in [4.78, 5) is 4.49. The molecule has 1 N–H and O–H groups in total. The second kappa shape index (κ2) is 6.20. The number of pyridine rings is 1. The molecule has 4 nitrogen and oxygen atoms in total. The second-order valence-corrected chi connectivity index (χ2v) is 5.44. The number of aromatic nitrogens is 1. The topological polar surface area (TPSA) is 43.4 Å². The van der Waals surface area contributed by atoms with E-state index in [2.05, 4.69) is 24.1 Å². The molecule has 0 saturated carbocycles. The lowest BCUT2D eigenvalue weighted by atomic mass is 10.0. The smallest absolute Gasteiger partial charge is 0.162 e. The molecule has 1 aliphatic heterocycles. The van der Waals surface area contributed by atoms with Crippen LogP contribution in [0, 0.1) is 5.92 Å². The maximum Gasteiger partial charge on any atom is 0.162 e. The first-order valence-corrected chi connectivity index (χ1v) is 7.74. The third-order valence-electron chi connectivity index (χ3n) is 4.14. The van der Waals surface area contributed by atoms with E-state index in [0.717, 1.165) is 34.6 Å². The average Bonchev–Trinajstić information content (AvgIpc) is 2.54. The number of nitrogens with zero attached hydrogens (tertiary/aromatic N) is 1. The van der Waals surface area contributed by atoms with Gasteiger partial charge in [0, 0.05) is 18.1 Å². The van der Waals surface area contributed by atoms with Gasteiger partial charge in [-0.05, 0) is 29.5 Å². The van der Waals surface area contributed by atoms with E-state index in [1.54, 1.807) is 0 Å². The minimum absolute atomic E-state index is 0.606. The van der Waals surface area contributed by atoms with E-state index in [-0.39, 0.29) is 0 Å². The maximum atomic E-state index is 5.67. The predicted molar refractivity (Wildman–Crippen MR) is 85.3 cm³/mol. The van der Waals surface area contributed by atoms with Gasteiger partial charge >= 0.3 is 0 Å². The van der Waals surface area contributed by atoms with Crippen LogP contribution >= 0.6 is 0 Å². The second-order valence-electron chi connectivity index (χ2n) is 5.44. The van der Waals surface area contributed by atoms with Crippen molar-refractivity contribution in [3.05, 3.63) is 24.4 Å². The van der Waals surface area contributed by atoms with Gasteiger partial charge in [0.1, 0.15) is 19.0 Å². The largest absolute Gasteiger partial charge is 0.486 e. The molecule has 0 bridgehead atoms. The van der Waals surface area contributed by atoms with Crippen molar-refractivity contribution in [1.82, 2.24) is 4.98 Å². The summed E-state index contributed by atoms with van der Waals surface area (Å²) < 4.78 is 11.3. The Hall–Kier alpha value is -1.97. The molecule has 4 heteroatoms. The van der Waals surface area contributed by atoms with Crippen molar-refractivity contribution < 1.29 is 9.47 Å². The first kappa shape index (κ1) is 14.0. The van der Waals surface area contributed by atoms with Crippen LogP contribution < -0.4 is 14.8 Å². The van der Waals surface area contributed by atoms with Crippen LogP contribution in [0.1, 0.15) is 26.7 Å². The quantitative estimate of drug-likeness (QED) is 0.906. The highest BCUT2D eigenvalue weighted by atomic mass is 16.6. The lowest BCUT2D eigenvalue weighted by molar-refractivity contribution is 0.172. The Kier molecular flexibility index (Phi) is 4.13. The van der Waals surface area contributed by atoms with Crippen LogP contribution in [-0.4, -0.2) is 24.7 Å². The molecule has 0 saturated heterocycles. The van der Waals surface area contributed by atoms with Crippen LogP contribution in [0.2, 0.25) is 0 Å². The zero-order valence-electron chi connectivity index (χ0n) is 12.7. The summed E-state index contributed by atoms with van der Waals surface area (Å²) in [6.07, 6.45) is 4.20. The van der Waals surface area contributed by atoms with Crippen molar-refractivity contribution in [2.75, 3.05) is 25.1 Å². The number of anilines is 1. The zero-order chi connectivity index (χ0) is 14.7. The van der Waals surface area contributed by atoms with Gasteiger partial charge in [0.05, 0.1) is 0 Å². The van der Waals surface area contributed by atoms with Gasteiger partial charge in [0.15, 0.2) is 11.5 Å². The predicted octanol–water partition coefficient (Wildman–Crippen LogP) is 3.85. The van der Waals surface area contributed by atoms with Crippen LogP contribution in [0.3, 0.4) is 0 Å². The highest BCUT2D eigenvalue weighted by molar-refractivity contribution is 5.94. The Morgan fingerprint density at radius 1 is 1.14 bits per heavy atom. The number of hydrogen-bond acceptors (Lipinski definition) is 4. The third kappa shape index (κ3) is 2.89. The van der Waals surface area contributed by atoms with Gasteiger partial charge in [-0.15, -0.1) is 0 Å². The van der Waals surface area contributed by atoms with Crippen molar-refractivity contribution in [3.63, 3.8) is 0 Å². The fourth-order valence-electron chi connectivity index (χ4n) is 2.67. The molecule has 0 amide bonds. The molecule has 0 atom stereocenters. The fraction of sp³-hybridized carbons (Fsp3) is 0.471. The van der Waals surface area contributed by atoms with Gasteiger partial charge in [-0.25, -0.2) is 4.98 Å². The summed E-state index contributed by atoms with van der Waals surface area (Å²) in [6.45, 7) is 6.63. The van der Waals surface area contributed by atoms with E-state index >= 15 is 0 Å².